The number of hydrogen-bond donors (Lipinski definition) is 0. The van der Waals surface area contributed by atoms with Gasteiger partial charge < -0.3 is 4.90 Å². The zero-order chi connectivity index (χ0) is 15.5. The minimum atomic E-state index is -0.0527. The number of rotatable bonds is 2. The highest BCUT2D eigenvalue weighted by atomic mass is 35.5. The number of amides is 1. The maximum atomic E-state index is 12.5. The Balaban J connectivity index is 1.86. The molecule has 0 spiro atoms. The summed E-state index contributed by atoms with van der Waals surface area (Å²) in [6.07, 6.45) is 5.21. The highest BCUT2D eigenvalue weighted by Gasteiger charge is 2.20. The molecule has 4 heteroatoms. The highest BCUT2D eigenvalue weighted by Crippen LogP contribution is 2.28. The van der Waals surface area contributed by atoms with Crippen molar-refractivity contribution in [3.63, 3.8) is 0 Å². The van der Waals surface area contributed by atoms with Crippen LogP contribution in [0.15, 0.2) is 48.5 Å². The van der Waals surface area contributed by atoms with Crippen molar-refractivity contribution in [1.82, 2.24) is 0 Å². The Labute approximate surface area is 140 Å². The van der Waals surface area contributed by atoms with Crippen LogP contribution in [0.2, 0.25) is 10.0 Å². The van der Waals surface area contributed by atoms with Crippen LogP contribution in [0.4, 0.5) is 5.69 Å². The Kier molecular flexibility index (Phi) is 4.51. The molecule has 0 bridgehead atoms. The fraction of sp³-hybridized carbons (Fsp3) is 0.167. The fourth-order valence-corrected chi connectivity index (χ4v) is 3.20. The first-order valence-corrected chi connectivity index (χ1v) is 7.94. The van der Waals surface area contributed by atoms with Crippen LogP contribution in [0.3, 0.4) is 0 Å². The molecule has 0 fully saturated rings. The molecule has 0 saturated heterocycles. The molecule has 2 aromatic carbocycles. The molecular weight excluding hydrogens is 317 g/mol. The van der Waals surface area contributed by atoms with Crippen molar-refractivity contribution in [1.29, 1.82) is 0 Å². The second-order valence-corrected chi connectivity index (χ2v) is 6.01. The number of carbonyl (C=O) groups excluding carboxylic acids is 1. The summed E-state index contributed by atoms with van der Waals surface area (Å²) < 4.78 is 0. The maximum Gasteiger partial charge on any atom is 0.250 e. The highest BCUT2D eigenvalue weighted by molar-refractivity contribution is 6.37. The first kappa shape index (κ1) is 15.1. The van der Waals surface area contributed by atoms with Crippen LogP contribution in [0.1, 0.15) is 17.5 Å². The Morgan fingerprint density at radius 3 is 2.55 bits per heavy atom. The normalized spacial score (nSPS) is 14.2. The molecule has 3 rings (SSSR count). The average Bonchev–Trinajstić information content (AvgIpc) is 2.53. The van der Waals surface area contributed by atoms with Gasteiger partial charge in [0.15, 0.2) is 0 Å². The van der Waals surface area contributed by atoms with E-state index in [1.54, 1.807) is 29.2 Å². The Morgan fingerprint density at radius 1 is 1.05 bits per heavy atom. The van der Waals surface area contributed by atoms with Crippen molar-refractivity contribution in [2.75, 3.05) is 11.4 Å². The molecule has 112 valence electrons. The van der Waals surface area contributed by atoms with Gasteiger partial charge in [0, 0.05) is 33.9 Å². The molecule has 0 unspecified atom stereocenters. The number of halogens is 2. The summed E-state index contributed by atoms with van der Waals surface area (Å²) in [6.45, 7) is 0.733. The summed E-state index contributed by atoms with van der Waals surface area (Å²) in [5, 5.41) is 1.08. The van der Waals surface area contributed by atoms with Crippen molar-refractivity contribution in [3.8, 4) is 0 Å². The average molecular weight is 332 g/mol. The minimum Gasteiger partial charge on any atom is -0.309 e. The first-order chi connectivity index (χ1) is 10.7. The van der Waals surface area contributed by atoms with Crippen LogP contribution in [-0.2, 0) is 11.2 Å². The molecule has 0 atom stereocenters. The zero-order valence-electron chi connectivity index (χ0n) is 11.9. The van der Waals surface area contributed by atoms with Gasteiger partial charge in [-0.3, -0.25) is 4.79 Å². The second kappa shape index (κ2) is 6.55. The van der Waals surface area contributed by atoms with Crippen LogP contribution >= 0.6 is 23.2 Å². The van der Waals surface area contributed by atoms with Crippen LogP contribution in [0.5, 0.6) is 0 Å². The van der Waals surface area contributed by atoms with Gasteiger partial charge >= 0.3 is 0 Å². The van der Waals surface area contributed by atoms with Gasteiger partial charge in [-0.15, -0.1) is 0 Å². The summed E-state index contributed by atoms with van der Waals surface area (Å²) in [4.78, 5) is 14.3. The molecule has 0 N–H and O–H groups in total. The van der Waals surface area contributed by atoms with Gasteiger partial charge in [0.25, 0.3) is 5.91 Å². The predicted molar refractivity (Wildman–Crippen MR) is 92.6 cm³/mol. The number of carbonyl (C=O) groups is 1. The van der Waals surface area contributed by atoms with Gasteiger partial charge in [0.2, 0.25) is 0 Å². The van der Waals surface area contributed by atoms with E-state index in [4.69, 9.17) is 23.2 Å². The molecule has 1 amide bonds. The third-order valence-corrected chi connectivity index (χ3v) is 4.43. The van der Waals surface area contributed by atoms with E-state index in [1.807, 2.05) is 18.2 Å². The van der Waals surface area contributed by atoms with Gasteiger partial charge in [-0.25, -0.2) is 0 Å². The smallest absolute Gasteiger partial charge is 0.250 e. The molecule has 1 heterocycles. The first-order valence-electron chi connectivity index (χ1n) is 7.18. The minimum absolute atomic E-state index is 0.0527. The lowest BCUT2D eigenvalue weighted by Gasteiger charge is -2.28. The summed E-state index contributed by atoms with van der Waals surface area (Å²) in [6, 6.07) is 13.3. The molecule has 22 heavy (non-hydrogen) atoms. The molecule has 0 saturated carbocycles. The Hall–Kier alpha value is -1.77. The Morgan fingerprint density at radius 2 is 1.77 bits per heavy atom. The van der Waals surface area contributed by atoms with E-state index in [2.05, 4.69) is 6.07 Å². The van der Waals surface area contributed by atoms with Crippen molar-refractivity contribution >= 4 is 40.9 Å². The number of fused-ring (bicyclic) bond motifs is 1. The summed E-state index contributed by atoms with van der Waals surface area (Å²) in [5.74, 6) is -0.0527. The van der Waals surface area contributed by atoms with Crippen LogP contribution in [0, 0.1) is 0 Å². The van der Waals surface area contributed by atoms with E-state index < -0.39 is 0 Å². The summed E-state index contributed by atoms with van der Waals surface area (Å²) in [5.41, 5.74) is 2.88. The van der Waals surface area contributed by atoms with E-state index in [1.165, 1.54) is 11.6 Å². The summed E-state index contributed by atoms with van der Waals surface area (Å²) >= 11 is 12.2. The van der Waals surface area contributed by atoms with Crippen LogP contribution in [0.25, 0.3) is 6.08 Å². The van der Waals surface area contributed by atoms with Gasteiger partial charge in [-0.1, -0.05) is 47.5 Å². The molecule has 2 nitrogen and oxygen atoms in total. The largest absolute Gasteiger partial charge is 0.309 e. The van der Waals surface area contributed by atoms with E-state index in [9.17, 15) is 4.79 Å². The lowest BCUT2D eigenvalue weighted by Crippen LogP contribution is -2.34. The molecular formula is C18H15Cl2NO. The van der Waals surface area contributed by atoms with Gasteiger partial charge in [-0.05, 0) is 42.7 Å². The van der Waals surface area contributed by atoms with E-state index in [-0.39, 0.29) is 5.91 Å². The second-order valence-electron chi connectivity index (χ2n) is 5.19. The molecule has 0 aromatic heterocycles. The number of para-hydroxylation sites is 1. The van der Waals surface area contributed by atoms with Crippen LogP contribution in [-0.4, -0.2) is 12.5 Å². The number of hydrogen-bond acceptors (Lipinski definition) is 1. The lowest BCUT2D eigenvalue weighted by molar-refractivity contribution is -0.114. The number of benzene rings is 2. The topological polar surface area (TPSA) is 20.3 Å². The van der Waals surface area contributed by atoms with Gasteiger partial charge in [0.1, 0.15) is 0 Å². The quantitative estimate of drug-likeness (QED) is 0.710. The van der Waals surface area contributed by atoms with Gasteiger partial charge in [-0.2, -0.15) is 0 Å². The predicted octanol–water partition coefficient (Wildman–Crippen LogP) is 4.99. The number of nitrogens with zero attached hydrogens (tertiary/aromatic N) is 1. The van der Waals surface area contributed by atoms with E-state index in [0.717, 1.165) is 25.1 Å². The zero-order valence-corrected chi connectivity index (χ0v) is 13.4. The fourth-order valence-electron chi connectivity index (χ4n) is 2.68. The third-order valence-electron chi connectivity index (χ3n) is 3.77. The van der Waals surface area contributed by atoms with Gasteiger partial charge in [0.05, 0.1) is 0 Å². The molecule has 2 aromatic rings. The van der Waals surface area contributed by atoms with Crippen molar-refractivity contribution < 1.29 is 4.79 Å². The number of anilines is 1. The molecule has 1 aliphatic heterocycles. The van der Waals surface area contributed by atoms with E-state index >= 15 is 0 Å². The Bertz CT molecular complexity index is 719. The summed E-state index contributed by atoms with van der Waals surface area (Å²) in [7, 11) is 0. The SMILES string of the molecule is O=C(/C=C/c1c(Cl)cccc1Cl)N1CCCc2ccccc21. The van der Waals surface area contributed by atoms with Crippen molar-refractivity contribution in [2.45, 2.75) is 12.8 Å². The molecule has 0 aliphatic carbocycles. The molecule has 0 radical (unpaired) electrons. The lowest BCUT2D eigenvalue weighted by atomic mass is 10.0. The standard InChI is InChI=1S/C18H15Cl2NO/c19-15-7-3-8-16(20)14(15)10-11-18(22)21-12-4-6-13-5-1-2-9-17(13)21/h1-3,5,7-11H,4,6,12H2/b11-10+. The molecule has 1 aliphatic rings. The maximum absolute atomic E-state index is 12.5. The third kappa shape index (κ3) is 3.03. The van der Waals surface area contributed by atoms with Crippen LogP contribution < -0.4 is 4.90 Å². The van der Waals surface area contributed by atoms with Crippen molar-refractivity contribution in [2.24, 2.45) is 0 Å². The monoisotopic (exact) mass is 331 g/mol. The van der Waals surface area contributed by atoms with Crippen molar-refractivity contribution in [3.05, 3.63) is 69.7 Å². The number of aryl methyl sites for hydroxylation is 1. The van der Waals surface area contributed by atoms with E-state index in [0.29, 0.717) is 15.6 Å².